The summed E-state index contributed by atoms with van der Waals surface area (Å²) in [4.78, 5) is 37.0. The van der Waals surface area contributed by atoms with E-state index < -0.39 is 47.2 Å². The molecule has 54 heavy (non-hydrogen) atoms. The second kappa shape index (κ2) is 16.1. The lowest BCUT2D eigenvalue weighted by atomic mass is 9.91. The zero-order chi connectivity index (χ0) is 39.5. The third-order valence-electron chi connectivity index (χ3n) is 9.73. The highest BCUT2D eigenvalue weighted by Gasteiger charge is 2.39. The number of anilines is 1. The molecule has 288 valence electrons. The predicted molar refractivity (Wildman–Crippen MR) is 189 cm³/mol. The number of halogens is 6. The second-order valence-corrected chi connectivity index (χ2v) is 13.2. The summed E-state index contributed by atoms with van der Waals surface area (Å²) in [5.41, 5.74) is 2.40. The van der Waals surface area contributed by atoms with E-state index in [0.29, 0.717) is 54.4 Å². The number of likely N-dealkylation sites (N-methyl/N-ethyl adjacent to an activating group) is 1. The molecule has 0 spiro atoms. The van der Waals surface area contributed by atoms with Crippen molar-refractivity contribution in [2.24, 2.45) is 0 Å². The minimum Gasteiger partial charge on any atom is -0.465 e. The molecule has 0 unspecified atom stereocenters. The first-order valence-corrected chi connectivity index (χ1v) is 17.0. The average Bonchev–Trinajstić information content (AvgIpc) is 3.11. The molecule has 0 bridgehead atoms. The lowest BCUT2D eigenvalue weighted by molar-refractivity contribution is -0.143. The number of alkyl halides is 6. The molecule has 1 fully saturated rings. The summed E-state index contributed by atoms with van der Waals surface area (Å²) in [6.07, 6.45) is -9.36. The van der Waals surface area contributed by atoms with Gasteiger partial charge in [-0.1, -0.05) is 25.1 Å². The number of aromatic nitrogens is 2. The van der Waals surface area contributed by atoms with Gasteiger partial charge in [-0.2, -0.15) is 26.3 Å². The van der Waals surface area contributed by atoms with Gasteiger partial charge in [0.2, 0.25) is 5.95 Å². The van der Waals surface area contributed by atoms with Crippen LogP contribution in [0.15, 0.2) is 60.8 Å². The summed E-state index contributed by atoms with van der Waals surface area (Å²) in [5, 5.41) is 0. The van der Waals surface area contributed by atoms with Crippen LogP contribution in [0.3, 0.4) is 0 Å². The van der Waals surface area contributed by atoms with Gasteiger partial charge in [-0.15, -0.1) is 0 Å². The van der Waals surface area contributed by atoms with Crippen LogP contribution in [0, 0.1) is 6.92 Å². The van der Waals surface area contributed by atoms with Crippen LogP contribution in [0.5, 0.6) is 0 Å². The largest absolute Gasteiger partial charge is 0.465 e. The monoisotopic (exact) mass is 758 g/mol. The van der Waals surface area contributed by atoms with Gasteiger partial charge in [-0.25, -0.2) is 14.8 Å². The summed E-state index contributed by atoms with van der Waals surface area (Å²) in [7, 11) is 4.54. The molecule has 0 aliphatic carbocycles. The number of rotatable bonds is 13. The first kappa shape index (κ1) is 40.2. The highest BCUT2D eigenvalue weighted by Crippen LogP contribution is 2.40. The van der Waals surface area contributed by atoms with Crippen LogP contribution in [0.4, 0.5) is 32.3 Å². The smallest absolute Gasteiger partial charge is 0.416 e. The molecule has 2 atom stereocenters. The van der Waals surface area contributed by atoms with Crippen LogP contribution >= 0.6 is 0 Å². The number of hydrogen-bond donors (Lipinski definition) is 0. The Morgan fingerprint density at radius 1 is 0.963 bits per heavy atom. The van der Waals surface area contributed by atoms with Crippen molar-refractivity contribution in [2.75, 3.05) is 39.3 Å². The summed E-state index contributed by atoms with van der Waals surface area (Å²) in [5.74, 6) is -0.0412. The van der Waals surface area contributed by atoms with Crippen LogP contribution in [0.2, 0.25) is 0 Å². The van der Waals surface area contributed by atoms with E-state index in [1.165, 1.54) is 7.11 Å². The van der Waals surface area contributed by atoms with E-state index >= 15 is 0 Å². The fourth-order valence-corrected chi connectivity index (χ4v) is 6.48. The fourth-order valence-electron chi connectivity index (χ4n) is 6.48. The SMILES string of the molecule is CCc1ccc(-c2ccc(C(=O)OC)cc2C)cc1-c1cnc(N2CC(OC)C2)nc1CN(C)[C@@H](C)[C@H](OC=O)c1cc(C(F)(F)F)cc(C(F)(F)F)c1. The molecule has 0 N–H and O–H groups in total. The van der Waals surface area contributed by atoms with Crippen molar-refractivity contribution in [3.05, 3.63) is 99.9 Å². The Morgan fingerprint density at radius 3 is 2.19 bits per heavy atom. The summed E-state index contributed by atoms with van der Waals surface area (Å²) >= 11 is 0. The fraction of sp³-hybridized carbons (Fsp3) is 0.385. The highest BCUT2D eigenvalue weighted by atomic mass is 19.4. The molecule has 5 rings (SSSR count). The number of ether oxygens (including phenoxy) is 3. The van der Waals surface area contributed by atoms with Crippen molar-refractivity contribution in [1.82, 2.24) is 14.9 Å². The first-order chi connectivity index (χ1) is 25.5. The van der Waals surface area contributed by atoms with E-state index in [1.54, 1.807) is 44.3 Å². The van der Waals surface area contributed by atoms with Gasteiger partial charge in [0.05, 0.1) is 35.6 Å². The van der Waals surface area contributed by atoms with Crippen molar-refractivity contribution < 1.29 is 50.1 Å². The minimum absolute atomic E-state index is 0.00553. The normalized spacial score (nSPS) is 14.8. The number of esters is 1. The Labute approximate surface area is 308 Å². The number of methoxy groups -OCH3 is 2. The van der Waals surface area contributed by atoms with Gasteiger partial charge < -0.3 is 19.1 Å². The summed E-state index contributed by atoms with van der Waals surface area (Å²) < 4.78 is 98.1. The predicted octanol–water partition coefficient (Wildman–Crippen LogP) is 8.08. The Hall–Kier alpha value is -5.02. The maximum absolute atomic E-state index is 13.8. The Kier molecular flexibility index (Phi) is 12.0. The van der Waals surface area contributed by atoms with E-state index in [2.05, 4.69) is 4.98 Å². The molecule has 0 saturated carbocycles. The Balaban J connectivity index is 1.58. The molecule has 2 heterocycles. The van der Waals surface area contributed by atoms with Gasteiger partial charge in [0.25, 0.3) is 6.47 Å². The number of benzene rings is 3. The molecule has 9 nitrogen and oxygen atoms in total. The van der Waals surface area contributed by atoms with E-state index in [-0.39, 0.29) is 25.2 Å². The lowest BCUT2D eigenvalue weighted by Gasteiger charge is -2.38. The first-order valence-electron chi connectivity index (χ1n) is 17.0. The van der Waals surface area contributed by atoms with Crippen molar-refractivity contribution >= 4 is 18.4 Å². The Morgan fingerprint density at radius 2 is 1.63 bits per heavy atom. The van der Waals surface area contributed by atoms with E-state index in [4.69, 9.17) is 19.2 Å². The third kappa shape index (κ3) is 8.68. The van der Waals surface area contributed by atoms with Gasteiger partial charge >= 0.3 is 18.3 Å². The van der Waals surface area contributed by atoms with Crippen molar-refractivity contribution in [3.8, 4) is 22.3 Å². The lowest BCUT2D eigenvalue weighted by Crippen LogP contribution is -2.52. The van der Waals surface area contributed by atoms with Gasteiger partial charge in [0.1, 0.15) is 6.10 Å². The standard InChI is InChI=1S/C39H40F6N4O5/c1-7-24-8-9-25(31-11-10-26(12-22(31)2)36(51)53-6)15-32(24)33-17-46-37(49-18-30(19-49)52-5)47-34(33)20-48(4)23(3)35(54-21-50)27-13-28(38(40,41)42)16-29(14-27)39(43,44)45/h8-17,21,23,30,35H,7,18-20H2,1-6H3/t23-,35-/m0/s1. The van der Waals surface area contributed by atoms with Crippen LogP contribution in [0.1, 0.15) is 63.8 Å². The maximum atomic E-state index is 13.8. The third-order valence-corrected chi connectivity index (χ3v) is 9.73. The van der Waals surface area contributed by atoms with Crippen molar-refractivity contribution in [2.45, 2.75) is 64.3 Å². The van der Waals surface area contributed by atoms with E-state index in [0.717, 1.165) is 27.8 Å². The van der Waals surface area contributed by atoms with E-state index in [9.17, 15) is 35.9 Å². The topological polar surface area (TPSA) is 94.1 Å². The minimum atomic E-state index is -5.09. The van der Waals surface area contributed by atoms with Gasteiger partial charge in [0.15, 0.2) is 0 Å². The number of hydrogen-bond acceptors (Lipinski definition) is 9. The van der Waals surface area contributed by atoms with Crippen LogP contribution in [-0.2, 0) is 44.3 Å². The molecule has 0 radical (unpaired) electrons. The average molecular weight is 759 g/mol. The van der Waals surface area contributed by atoms with Crippen LogP contribution in [0.25, 0.3) is 22.3 Å². The molecule has 15 heteroatoms. The van der Waals surface area contributed by atoms with Crippen molar-refractivity contribution in [3.63, 3.8) is 0 Å². The molecule has 1 aliphatic heterocycles. The van der Waals surface area contributed by atoms with Crippen LogP contribution in [-0.4, -0.2) is 73.8 Å². The number of nitrogens with zero attached hydrogens (tertiary/aromatic N) is 4. The number of carbonyl (C=O) groups excluding carboxylic acids is 2. The maximum Gasteiger partial charge on any atom is 0.416 e. The molecular weight excluding hydrogens is 718 g/mol. The zero-order valence-electron chi connectivity index (χ0n) is 30.5. The van der Waals surface area contributed by atoms with E-state index in [1.807, 2.05) is 43.0 Å². The molecule has 3 aromatic carbocycles. The van der Waals surface area contributed by atoms with Crippen LogP contribution < -0.4 is 4.90 Å². The van der Waals surface area contributed by atoms with Crippen molar-refractivity contribution in [1.29, 1.82) is 0 Å². The van der Waals surface area contributed by atoms with Gasteiger partial charge in [-0.3, -0.25) is 9.69 Å². The molecule has 0 amide bonds. The molecule has 1 saturated heterocycles. The Bertz CT molecular complexity index is 1970. The number of carbonyl (C=O) groups is 2. The molecule has 1 aromatic heterocycles. The van der Waals surface area contributed by atoms with Gasteiger partial charge in [0, 0.05) is 44.5 Å². The number of aryl methyl sites for hydroxylation is 2. The zero-order valence-corrected chi connectivity index (χ0v) is 30.5. The second-order valence-electron chi connectivity index (χ2n) is 13.2. The summed E-state index contributed by atoms with van der Waals surface area (Å²) in [6.45, 7) is 6.56. The summed E-state index contributed by atoms with van der Waals surface area (Å²) in [6, 6.07) is 11.5. The molecular formula is C39H40F6N4O5. The van der Waals surface area contributed by atoms with Gasteiger partial charge in [-0.05, 0) is 97.1 Å². The molecule has 1 aliphatic rings. The highest BCUT2D eigenvalue weighted by molar-refractivity contribution is 5.91. The quantitative estimate of drug-likeness (QED) is 0.0763. The molecule has 4 aromatic rings.